The molecule has 1 fully saturated rings. The van der Waals surface area contributed by atoms with Crippen molar-refractivity contribution in [3.63, 3.8) is 0 Å². The van der Waals surface area contributed by atoms with Gasteiger partial charge in [-0.3, -0.25) is 9.59 Å². The lowest BCUT2D eigenvalue weighted by atomic mass is 9.96. The largest absolute Gasteiger partial charge is 0.372 e. The van der Waals surface area contributed by atoms with Crippen molar-refractivity contribution in [3.8, 4) is 0 Å². The minimum atomic E-state index is -0.488. The van der Waals surface area contributed by atoms with Crippen molar-refractivity contribution in [2.24, 2.45) is 5.41 Å². The van der Waals surface area contributed by atoms with Gasteiger partial charge < -0.3 is 15.5 Å². The second-order valence-corrected chi connectivity index (χ2v) is 6.72. The Morgan fingerprint density at radius 2 is 1.68 bits per heavy atom. The van der Waals surface area contributed by atoms with Crippen molar-refractivity contribution < 1.29 is 9.59 Å². The Morgan fingerprint density at radius 3 is 2.23 bits per heavy atom. The summed E-state index contributed by atoms with van der Waals surface area (Å²) in [5, 5.41) is 5.43. The molecule has 0 bridgehead atoms. The van der Waals surface area contributed by atoms with Gasteiger partial charge in [-0.05, 0) is 37.1 Å². The Labute approximate surface area is 132 Å². The van der Waals surface area contributed by atoms with Gasteiger partial charge in [0.05, 0.1) is 6.54 Å². The van der Waals surface area contributed by atoms with Crippen LogP contribution in [0, 0.1) is 5.41 Å². The number of rotatable bonds is 4. The van der Waals surface area contributed by atoms with E-state index in [-0.39, 0.29) is 18.4 Å². The smallest absolute Gasteiger partial charge is 0.243 e. The van der Waals surface area contributed by atoms with E-state index >= 15 is 0 Å². The van der Waals surface area contributed by atoms with Gasteiger partial charge in [-0.25, -0.2) is 0 Å². The van der Waals surface area contributed by atoms with E-state index in [1.807, 2.05) is 45.0 Å². The van der Waals surface area contributed by atoms with Crippen molar-refractivity contribution in [1.29, 1.82) is 0 Å². The lowest BCUT2D eigenvalue weighted by Gasteiger charge is -2.18. The second-order valence-electron chi connectivity index (χ2n) is 6.72. The first-order valence-corrected chi connectivity index (χ1v) is 7.79. The van der Waals surface area contributed by atoms with Crippen molar-refractivity contribution in [1.82, 2.24) is 5.32 Å². The van der Waals surface area contributed by atoms with Crippen LogP contribution in [0.15, 0.2) is 24.3 Å². The molecule has 1 aliphatic heterocycles. The van der Waals surface area contributed by atoms with Gasteiger partial charge in [0.15, 0.2) is 0 Å². The van der Waals surface area contributed by atoms with Gasteiger partial charge in [0.1, 0.15) is 0 Å². The van der Waals surface area contributed by atoms with Gasteiger partial charge in [0, 0.05) is 29.9 Å². The van der Waals surface area contributed by atoms with Gasteiger partial charge in [-0.2, -0.15) is 0 Å². The highest BCUT2D eigenvalue weighted by molar-refractivity contribution is 5.95. The zero-order chi connectivity index (χ0) is 16.2. The van der Waals surface area contributed by atoms with Crippen LogP contribution in [0.2, 0.25) is 0 Å². The molecule has 1 aliphatic rings. The van der Waals surface area contributed by atoms with Crippen LogP contribution in [0.4, 0.5) is 11.4 Å². The number of benzene rings is 1. The Balaban J connectivity index is 1.82. The number of carbonyl (C=O) groups is 2. The maximum absolute atomic E-state index is 11.8. The first-order chi connectivity index (χ1) is 10.4. The highest BCUT2D eigenvalue weighted by Gasteiger charge is 2.21. The van der Waals surface area contributed by atoms with Gasteiger partial charge in [0.2, 0.25) is 11.8 Å². The van der Waals surface area contributed by atoms with Gasteiger partial charge in [0.25, 0.3) is 0 Å². The number of nitrogens with one attached hydrogen (secondary N) is 2. The van der Waals surface area contributed by atoms with Crippen LogP contribution in [-0.4, -0.2) is 31.4 Å². The molecule has 2 rings (SSSR count). The van der Waals surface area contributed by atoms with Crippen molar-refractivity contribution in [2.45, 2.75) is 33.6 Å². The Kier molecular flexibility index (Phi) is 5.06. The normalized spacial score (nSPS) is 14.8. The molecule has 1 saturated heterocycles. The van der Waals surface area contributed by atoms with E-state index in [2.05, 4.69) is 15.5 Å². The van der Waals surface area contributed by atoms with Gasteiger partial charge in [-0.15, -0.1) is 0 Å². The van der Waals surface area contributed by atoms with E-state index < -0.39 is 5.41 Å². The number of hydrogen-bond acceptors (Lipinski definition) is 3. The lowest BCUT2D eigenvalue weighted by molar-refractivity contribution is -0.130. The summed E-state index contributed by atoms with van der Waals surface area (Å²) in [6.07, 6.45) is 2.48. The molecule has 0 saturated carbocycles. The van der Waals surface area contributed by atoms with Crippen LogP contribution in [-0.2, 0) is 9.59 Å². The Morgan fingerprint density at radius 1 is 1.09 bits per heavy atom. The molecule has 0 radical (unpaired) electrons. The Hall–Kier alpha value is -2.04. The fourth-order valence-electron chi connectivity index (χ4n) is 2.36. The van der Waals surface area contributed by atoms with E-state index in [1.165, 1.54) is 18.5 Å². The van der Waals surface area contributed by atoms with Crippen molar-refractivity contribution >= 4 is 23.2 Å². The third kappa shape index (κ3) is 4.48. The third-order valence-corrected chi connectivity index (χ3v) is 3.71. The highest BCUT2D eigenvalue weighted by atomic mass is 16.2. The van der Waals surface area contributed by atoms with Crippen molar-refractivity contribution in [2.75, 3.05) is 29.9 Å². The summed E-state index contributed by atoms with van der Waals surface area (Å²) in [5.41, 5.74) is 1.45. The average Bonchev–Trinajstić information content (AvgIpc) is 2.98. The molecular formula is C17H25N3O2. The number of carbonyl (C=O) groups excluding carboxylic acids is 2. The van der Waals surface area contributed by atoms with Crippen LogP contribution < -0.4 is 15.5 Å². The molecule has 2 amide bonds. The summed E-state index contributed by atoms with van der Waals surface area (Å²) in [4.78, 5) is 25.9. The molecule has 1 aromatic rings. The molecule has 0 aromatic heterocycles. The molecule has 2 N–H and O–H groups in total. The minimum absolute atomic E-state index is 0.00994. The van der Waals surface area contributed by atoms with E-state index in [9.17, 15) is 9.59 Å². The monoisotopic (exact) mass is 303 g/mol. The molecule has 120 valence electrons. The van der Waals surface area contributed by atoms with Gasteiger partial charge >= 0.3 is 0 Å². The summed E-state index contributed by atoms with van der Waals surface area (Å²) in [6.45, 7) is 7.64. The molecule has 0 atom stereocenters. The molecule has 1 heterocycles. The van der Waals surface area contributed by atoms with E-state index in [0.717, 1.165) is 18.8 Å². The van der Waals surface area contributed by atoms with Crippen LogP contribution in [0.3, 0.4) is 0 Å². The highest BCUT2D eigenvalue weighted by Crippen LogP contribution is 2.22. The number of anilines is 2. The topological polar surface area (TPSA) is 61.4 Å². The Bertz CT molecular complexity index is 526. The summed E-state index contributed by atoms with van der Waals surface area (Å²) >= 11 is 0. The molecule has 5 heteroatoms. The summed E-state index contributed by atoms with van der Waals surface area (Å²) in [7, 11) is 0. The summed E-state index contributed by atoms with van der Waals surface area (Å²) < 4.78 is 0. The number of hydrogen-bond donors (Lipinski definition) is 2. The van der Waals surface area contributed by atoms with E-state index in [4.69, 9.17) is 0 Å². The van der Waals surface area contributed by atoms with E-state index in [0.29, 0.717) is 0 Å². The average molecular weight is 303 g/mol. The first-order valence-electron chi connectivity index (χ1n) is 7.79. The third-order valence-electron chi connectivity index (χ3n) is 3.71. The van der Waals surface area contributed by atoms with Crippen LogP contribution in [0.1, 0.15) is 33.6 Å². The maximum Gasteiger partial charge on any atom is 0.243 e. The molecule has 5 nitrogen and oxygen atoms in total. The molecular weight excluding hydrogens is 278 g/mol. The van der Waals surface area contributed by atoms with Crippen LogP contribution in [0.25, 0.3) is 0 Å². The predicted molar refractivity (Wildman–Crippen MR) is 89.0 cm³/mol. The molecule has 22 heavy (non-hydrogen) atoms. The predicted octanol–water partition coefficient (Wildman–Crippen LogP) is 2.39. The quantitative estimate of drug-likeness (QED) is 0.898. The molecule has 0 spiro atoms. The van der Waals surface area contributed by atoms with Crippen molar-refractivity contribution in [3.05, 3.63) is 24.3 Å². The zero-order valence-electron chi connectivity index (χ0n) is 13.6. The summed E-state index contributed by atoms with van der Waals surface area (Å²) in [5.74, 6) is -0.349. The number of nitrogens with zero attached hydrogens (tertiary/aromatic N) is 1. The first kappa shape index (κ1) is 16.3. The fourth-order valence-corrected chi connectivity index (χ4v) is 2.36. The summed E-state index contributed by atoms with van der Waals surface area (Å²) in [6, 6.07) is 7.84. The number of amides is 2. The second kappa shape index (κ2) is 6.81. The lowest BCUT2D eigenvalue weighted by Crippen LogP contribution is -2.39. The molecule has 1 aromatic carbocycles. The molecule has 0 aliphatic carbocycles. The van der Waals surface area contributed by atoms with E-state index in [1.54, 1.807) is 0 Å². The maximum atomic E-state index is 11.8. The van der Waals surface area contributed by atoms with Gasteiger partial charge in [-0.1, -0.05) is 20.8 Å². The van der Waals surface area contributed by atoms with Crippen LogP contribution >= 0.6 is 0 Å². The SMILES string of the molecule is CC(C)(C)C(=O)NCC(=O)Nc1ccc(N2CCCC2)cc1. The fraction of sp³-hybridized carbons (Fsp3) is 0.529. The zero-order valence-corrected chi connectivity index (χ0v) is 13.6. The molecule has 0 unspecified atom stereocenters. The standard InChI is InChI=1S/C17H25N3O2/c1-17(2,3)16(22)18-12-15(21)19-13-6-8-14(9-7-13)20-10-4-5-11-20/h6-9H,4-5,10-12H2,1-3H3,(H,18,22)(H,19,21). The van der Waals surface area contributed by atoms with Crippen LogP contribution in [0.5, 0.6) is 0 Å². The minimum Gasteiger partial charge on any atom is -0.372 e.